The third kappa shape index (κ3) is 4.25. The Bertz CT molecular complexity index is 1530. The minimum absolute atomic E-state index is 0.121. The number of rotatable bonds is 4. The summed E-state index contributed by atoms with van der Waals surface area (Å²) in [5.74, 6) is -0.605. The molecule has 0 aliphatic carbocycles. The highest BCUT2D eigenvalue weighted by Crippen LogP contribution is 2.37. The van der Waals surface area contributed by atoms with Crippen LogP contribution in [-0.2, 0) is 9.53 Å². The summed E-state index contributed by atoms with van der Waals surface area (Å²) in [4.78, 5) is 30.1. The molecule has 0 saturated carbocycles. The Morgan fingerprint density at radius 2 is 1.82 bits per heavy atom. The third-order valence-corrected chi connectivity index (χ3v) is 6.91. The molecule has 7 heteroatoms. The van der Waals surface area contributed by atoms with E-state index in [-0.39, 0.29) is 17.3 Å². The molecule has 168 valence electrons. The Morgan fingerprint density at radius 1 is 1.03 bits per heavy atom. The van der Waals surface area contributed by atoms with Crippen molar-refractivity contribution in [2.45, 2.75) is 13.8 Å². The van der Waals surface area contributed by atoms with Crippen LogP contribution in [0.15, 0.2) is 77.4 Å². The lowest BCUT2D eigenvalue weighted by Crippen LogP contribution is -2.08. The maximum absolute atomic E-state index is 13.0. The summed E-state index contributed by atoms with van der Waals surface area (Å²) in [7, 11) is 0. The summed E-state index contributed by atoms with van der Waals surface area (Å²) >= 11 is 7.76. The Morgan fingerprint density at radius 3 is 2.65 bits per heavy atom. The first-order valence-electron chi connectivity index (χ1n) is 10.5. The van der Waals surface area contributed by atoms with Gasteiger partial charge in [0.25, 0.3) is 0 Å². The SMILES string of the molecule is Cc1cccc(C2=N/C(=C/c3ccccc3OC(=O)c3sc4cc(C)ccc4c3Cl)C(=O)O2)c1. The molecule has 0 bridgehead atoms. The number of thiophene rings is 1. The lowest BCUT2D eigenvalue weighted by molar-refractivity contribution is -0.129. The summed E-state index contributed by atoms with van der Waals surface area (Å²) in [5, 5.41) is 1.18. The van der Waals surface area contributed by atoms with E-state index >= 15 is 0 Å². The van der Waals surface area contributed by atoms with E-state index in [4.69, 9.17) is 21.1 Å². The topological polar surface area (TPSA) is 65.0 Å². The van der Waals surface area contributed by atoms with Crippen LogP contribution in [0, 0.1) is 13.8 Å². The fourth-order valence-corrected chi connectivity index (χ4v) is 5.08. The predicted octanol–water partition coefficient (Wildman–Crippen LogP) is 6.74. The monoisotopic (exact) mass is 487 g/mol. The molecule has 0 N–H and O–H groups in total. The van der Waals surface area contributed by atoms with E-state index in [9.17, 15) is 9.59 Å². The fourth-order valence-electron chi connectivity index (χ4n) is 3.60. The van der Waals surface area contributed by atoms with Crippen LogP contribution in [0.5, 0.6) is 5.75 Å². The number of ether oxygens (including phenoxy) is 2. The van der Waals surface area contributed by atoms with Crippen molar-refractivity contribution >= 4 is 56.9 Å². The standard InChI is InChI=1S/C27H18ClNO4S/c1-15-6-5-8-18(12-15)25-29-20(26(30)33-25)14-17-7-3-4-9-21(17)32-27(31)24-23(28)19-11-10-16(2)13-22(19)34-24/h3-14H,1-2H3/b20-14+. The van der Waals surface area contributed by atoms with Gasteiger partial charge in [0.15, 0.2) is 5.70 Å². The van der Waals surface area contributed by atoms with Crippen molar-refractivity contribution in [1.29, 1.82) is 0 Å². The number of carbonyl (C=O) groups excluding carboxylic acids is 2. The lowest BCUT2D eigenvalue weighted by atomic mass is 10.1. The molecule has 0 saturated heterocycles. The molecular formula is C27H18ClNO4S. The number of benzene rings is 3. The second kappa shape index (κ2) is 8.89. The molecule has 5 rings (SSSR count). The average molecular weight is 488 g/mol. The van der Waals surface area contributed by atoms with E-state index in [1.807, 2.05) is 56.3 Å². The summed E-state index contributed by atoms with van der Waals surface area (Å²) in [6, 6.07) is 20.3. The van der Waals surface area contributed by atoms with Gasteiger partial charge in [0.2, 0.25) is 5.90 Å². The van der Waals surface area contributed by atoms with Gasteiger partial charge in [-0.2, -0.15) is 0 Å². The summed E-state index contributed by atoms with van der Waals surface area (Å²) < 4.78 is 12.0. The number of esters is 2. The van der Waals surface area contributed by atoms with Crippen LogP contribution in [0.1, 0.15) is 31.9 Å². The molecule has 0 fully saturated rings. The molecule has 0 atom stereocenters. The molecule has 0 spiro atoms. The number of fused-ring (bicyclic) bond motifs is 1. The van der Waals surface area contributed by atoms with Gasteiger partial charge in [0, 0.05) is 21.2 Å². The van der Waals surface area contributed by atoms with Gasteiger partial charge in [-0.15, -0.1) is 11.3 Å². The van der Waals surface area contributed by atoms with Crippen molar-refractivity contribution in [2.24, 2.45) is 4.99 Å². The maximum Gasteiger partial charge on any atom is 0.363 e. The molecule has 3 aromatic carbocycles. The van der Waals surface area contributed by atoms with Crippen LogP contribution in [0.3, 0.4) is 0 Å². The average Bonchev–Trinajstić information content (AvgIpc) is 3.34. The number of aliphatic imine (C=N–C) groups is 1. The van der Waals surface area contributed by atoms with Gasteiger partial charge < -0.3 is 9.47 Å². The molecule has 0 unspecified atom stereocenters. The predicted molar refractivity (Wildman–Crippen MR) is 135 cm³/mol. The second-order valence-corrected chi connectivity index (χ2v) is 9.31. The van der Waals surface area contributed by atoms with Gasteiger partial charge in [-0.05, 0) is 49.8 Å². The number of cyclic esters (lactones) is 1. The van der Waals surface area contributed by atoms with Gasteiger partial charge in [-0.1, -0.05) is 59.6 Å². The van der Waals surface area contributed by atoms with Crippen LogP contribution in [0.4, 0.5) is 0 Å². The number of hydrogen-bond acceptors (Lipinski definition) is 6. The first kappa shape index (κ1) is 22.1. The normalized spacial score (nSPS) is 14.4. The second-order valence-electron chi connectivity index (χ2n) is 7.88. The Hall–Kier alpha value is -3.74. The van der Waals surface area contributed by atoms with E-state index in [0.717, 1.165) is 21.2 Å². The largest absolute Gasteiger partial charge is 0.422 e. The molecule has 0 amide bonds. The number of nitrogens with zero attached hydrogens (tertiary/aromatic N) is 1. The van der Waals surface area contributed by atoms with Crippen molar-refractivity contribution in [3.05, 3.63) is 105 Å². The van der Waals surface area contributed by atoms with Gasteiger partial charge in [0.05, 0.1) is 5.02 Å². The Kier molecular flexibility index (Phi) is 5.77. The first-order chi connectivity index (χ1) is 16.4. The van der Waals surface area contributed by atoms with Crippen molar-refractivity contribution < 1.29 is 19.1 Å². The maximum atomic E-state index is 13.0. The zero-order valence-corrected chi connectivity index (χ0v) is 19.9. The third-order valence-electron chi connectivity index (χ3n) is 5.27. The number of carbonyl (C=O) groups is 2. The number of aryl methyl sites for hydroxylation is 2. The summed E-state index contributed by atoms with van der Waals surface area (Å²) in [5.41, 5.74) is 3.46. The van der Waals surface area contributed by atoms with E-state index in [1.54, 1.807) is 30.3 Å². The van der Waals surface area contributed by atoms with Crippen molar-refractivity contribution in [3.63, 3.8) is 0 Å². The number of para-hydroxylation sites is 1. The molecule has 0 radical (unpaired) electrons. The minimum Gasteiger partial charge on any atom is -0.422 e. The quantitative estimate of drug-likeness (QED) is 0.182. The minimum atomic E-state index is -0.569. The van der Waals surface area contributed by atoms with Gasteiger partial charge in [-0.3, -0.25) is 0 Å². The highest BCUT2D eigenvalue weighted by atomic mass is 35.5. The van der Waals surface area contributed by atoms with E-state index in [0.29, 0.717) is 21.0 Å². The van der Waals surface area contributed by atoms with Crippen LogP contribution in [0.2, 0.25) is 5.02 Å². The number of halogens is 1. The molecular weight excluding hydrogens is 470 g/mol. The van der Waals surface area contributed by atoms with Gasteiger partial charge in [-0.25, -0.2) is 14.6 Å². The van der Waals surface area contributed by atoms with Crippen LogP contribution >= 0.6 is 22.9 Å². The van der Waals surface area contributed by atoms with Crippen LogP contribution in [-0.4, -0.2) is 17.8 Å². The molecule has 2 heterocycles. The molecule has 34 heavy (non-hydrogen) atoms. The Balaban J connectivity index is 1.45. The van der Waals surface area contributed by atoms with E-state index in [1.165, 1.54) is 11.3 Å². The van der Waals surface area contributed by atoms with Crippen LogP contribution in [0.25, 0.3) is 16.2 Å². The summed E-state index contributed by atoms with van der Waals surface area (Å²) in [6.07, 6.45) is 1.55. The molecule has 1 aliphatic rings. The van der Waals surface area contributed by atoms with E-state index in [2.05, 4.69) is 4.99 Å². The zero-order valence-electron chi connectivity index (χ0n) is 18.3. The highest BCUT2D eigenvalue weighted by Gasteiger charge is 2.25. The number of hydrogen-bond donors (Lipinski definition) is 0. The van der Waals surface area contributed by atoms with Crippen molar-refractivity contribution in [3.8, 4) is 5.75 Å². The fraction of sp³-hybridized carbons (Fsp3) is 0.0741. The Labute approximate surface area is 204 Å². The highest BCUT2D eigenvalue weighted by molar-refractivity contribution is 7.21. The molecule has 1 aromatic heterocycles. The van der Waals surface area contributed by atoms with Gasteiger partial charge >= 0.3 is 11.9 Å². The molecule has 4 aromatic rings. The van der Waals surface area contributed by atoms with Gasteiger partial charge in [0.1, 0.15) is 10.6 Å². The lowest BCUT2D eigenvalue weighted by Gasteiger charge is -2.07. The zero-order chi connectivity index (χ0) is 23.8. The van der Waals surface area contributed by atoms with E-state index < -0.39 is 11.9 Å². The van der Waals surface area contributed by atoms with Crippen LogP contribution < -0.4 is 4.74 Å². The van der Waals surface area contributed by atoms with Crippen molar-refractivity contribution in [2.75, 3.05) is 0 Å². The molecule has 1 aliphatic heterocycles. The summed E-state index contributed by atoms with van der Waals surface area (Å²) in [6.45, 7) is 3.93. The van der Waals surface area contributed by atoms with Crippen molar-refractivity contribution in [1.82, 2.24) is 0 Å². The smallest absolute Gasteiger partial charge is 0.363 e. The molecule has 5 nitrogen and oxygen atoms in total. The first-order valence-corrected chi connectivity index (χ1v) is 11.7.